The van der Waals surface area contributed by atoms with Gasteiger partial charge in [0.05, 0.1) is 0 Å². The molecule has 0 saturated heterocycles. The summed E-state index contributed by atoms with van der Waals surface area (Å²) in [7, 11) is 0. The number of aryl methyl sites for hydroxylation is 1. The average Bonchev–Trinajstić information content (AvgIpc) is 2.53. The highest BCUT2D eigenvalue weighted by Gasteiger charge is 2.01. The molecular formula is C18H18N2. The highest BCUT2D eigenvalue weighted by molar-refractivity contribution is 5.91. The fraction of sp³-hybridized carbons (Fsp3) is 0.167. The summed E-state index contributed by atoms with van der Waals surface area (Å²) < 4.78 is 0. The lowest BCUT2D eigenvalue weighted by atomic mass is 10.1. The number of benzene rings is 2. The predicted molar refractivity (Wildman–Crippen MR) is 84.9 cm³/mol. The van der Waals surface area contributed by atoms with Gasteiger partial charge in [-0.3, -0.25) is 0 Å². The molecule has 0 fully saturated rings. The van der Waals surface area contributed by atoms with E-state index >= 15 is 0 Å². The van der Waals surface area contributed by atoms with Crippen molar-refractivity contribution in [3.05, 3.63) is 71.9 Å². The van der Waals surface area contributed by atoms with Gasteiger partial charge in [0.1, 0.15) is 5.82 Å². The van der Waals surface area contributed by atoms with Crippen LogP contribution < -0.4 is 5.32 Å². The number of hydrogen-bond donors (Lipinski definition) is 1. The first-order valence-electron chi connectivity index (χ1n) is 7.02. The molecule has 100 valence electrons. The van der Waals surface area contributed by atoms with Crippen molar-refractivity contribution in [1.29, 1.82) is 0 Å². The van der Waals surface area contributed by atoms with Gasteiger partial charge in [0.2, 0.25) is 0 Å². The number of hydrogen-bond acceptors (Lipinski definition) is 2. The first-order chi connectivity index (χ1) is 9.86. The Bertz CT molecular complexity index is 697. The van der Waals surface area contributed by atoms with Crippen molar-refractivity contribution in [2.24, 2.45) is 0 Å². The van der Waals surface area contributed by atoms with Crippen molar-refractivity contribution in [2.45, 2.75) is 19.9 Å². The van der Waals surface area contributed by atoms with E-state index < -0.39 is 0 Å². The Labute approximate surface area is 119 Å². The largest absolute Gasteiger partial charge is 0.365 e. The van der Waals surface area contributed by atoms with Crippen LogP contribution in [-0.4, -0.2) is 4.98 Å². The molecule has 0 aliphatic heterocycles. The first kappa shape index (κ1) is 12.7. The fourth-order valence-corrected chi connectivity index (χ4v) is 2.34. The van der Waals surface area contributed by atoms with Crippen LogP contribution in [0.4, 0.5) is 5.82 Å². The monoisotopic (exact) mass is 262 g/mol. The van der Waals surface area contributed by atoms with Crippen molar-refractivity contribution in [3.8, 4) is 0 Å². The molecule has 0 radical (unpaired) electrons. The molecule has 0 aliphatic rings. The summed E-state index contributed by atoms with van der Waals surface area (Å²) >= 11 is 0. The van der Waals surface area contributed by atoms with Crippen LogP contribution in [0.25, 0.3) is 10.8 Å². The Morgan fingerprint density at radius 3 is 2.45 bits per heavy atom. The smallest absolute Gasteiger partial charge is 0.134 e. The van der Waals surface area contributed by atoms with Gasteiger partial charge < -0.3 is 5.32 Å². The molecule has 2 aromatic carbocycles. The minimum Gasteiger partial charge on any atom is -0.365 e. The Hall–Kier alpha value is -2.35. The molecule has 0 saturated carbocycles. The van der Waals surface area contributed by atoms with Crippen LogP contribution in [0.3, 0.4) is 0 Å². The summed E-state index contributed by atoms with van der Waals surface area (Å²) in [6.45, 7) is 2.97. The maximum absolute atomic E-state index is 4.44. The molecule has 0 aliphatic carbocycles. The Morgan fingerprint density at radius 1 is 0.900 bits per heavy atom. The van der Waals surface area contributed by atoms with Crippen molar-refractivity contribution in [1.82, 2.24) is 4.98 Å². The van der Waals surface area contributed by atoms with E-state index in [9.17, 15) is 0 Å². The van der Waals surface area contributed by atoms with Gasteiger partial charge in [0.15, 0.2) is 0 Å². The summed E-state index contributed by atoms with van der Waals surface area (Å²) in [5.41, 5.74) is 2.65. The lowest BCUT2D eigenvalue weighted by Gasteiger charge is -2.09. The molecule has 0 amide bonds. The van der Waals surface area contributed by atoms with Crippen molar-refractivity contribution >= 4 is 16.6 Å². The third-order valence-electron chi connectivity index (χ3n) is 3.56. The zero-order valence-electron chi connectivity index (χ0n) is 11.6. The van der Waals surface area contributed by atoms with Gasteiger partial charge in [0, 0.05) is 18.1 Å². The Balaban J connectivity index is 1.79. The van der Waals surface area contributed by atoms with Crippen LogP contribution in [0.2, 0.25) is 0 Å². The molecule has 0 bridgehead atoms. The molecule has 2 heteroatoms. The summed E-state index contributed by atoms with van der Waals surface area (Å²) in [6, 6.07) is 19.1. The number of nitrogens with one attached hydrogen (secondary N) is 1. The minimum atomic E-state index is 0.797. The van der Waals surface area contributed by atoms with E-state index in [4.69, 9.17) is 0 Å². The first-order valence-corrected chi connectivity index (χ1v) is 7.02. The highest BCUT2D eigenvalue weighted by atomic mass is 15.0. The molecule has 0 spiro atoms. The van der Waals surface area contributed by atoms with Gasteiger partial charge in [-0.25, -0.2) is 4.98 Å². The van der Waals surface area contributed by atoms with E-state index in [0.29, 0.717) is 0 Å². The fourth-order valence-electron chi connectivity index (χ4n) is 2.34. The summed E-state index contributed by atoms with van der Waals surface area (Å²) in [5, 5.41) is 5.81. The van der Waals surface area contributed by atoms with Gasteiger partial charge in [-0.15, -0.1) is 0 Å². The van der Waals surface area contributed by atoms with Gasteiger partial charge in [-0.2, -0.15) is 0 Å². The Kier molecular flexibility index (Phi) is 3.64. The number of pyridine rings is 1. The molecule has 3 rings (SSSR count). The quantitative estimate of drug-likeness (QED) is 0.753. The number of aromatic nitrogens is 1. The van der Waals surface area contributed by atoms with Crippen LogP contribution in [0, 0.1) is 0 Å². The van der Waals surface area contributed by atoms with Gasteiger partial charge in [-0.05, 0) is 29.0 Å². The number of fused-ring (bicyclic) bond motifs is 1. The molecular weight excluding hydrogens is 244 g/mol. The minimum absolute atomic E-state index is 0.797. The maximum atomic E-state index is 4.44. The van der Waals surface area contributed by atoms with Crippen molar-refractivity contribution in [3.63, 3.8) is 0 Å². The maximum Gasteiger partial charge on any atom is 0.134 e. The van der Waals surface area contributed by atoms with Crippen LogP contribution in [0.5, 0.6) is 0 Å². The molecule has 0 atom stereocenters. The van der Waals surface area contributed by atoms with Crippen molar-refractivity contribution < 1.29 is 0 Å². The van der Waals surface area contributed by atoms with E-state index in [2.05, 4.69) is 59.7 Å². The molecule has 1 aromatic heterocycles. The number of rotatable bonds is 4. The number of anilines is 1. The summed E-state index contributed by atoms with van der Waals surface area (Å²) in [4.78, 5) is 4.44. The SMILES string of the molecule is CCc1ccc(CNc2nccc3ccccc23)cc1. The van der Waals surface area contributed by atoms with Crippen LogP contribution >= 0.6 is 0 Å². The number of nitrogens with zero attached hydrogens (tertiary/aromatic N) is 1. The van der Waals surface area contributed by atoms with E-state index in [1.54, 1.807) is 0 Å². The van der Waals surface area contributed by atoms with Crippen molar-refractivity contribution in [2.75, 3.05) is 5.32 Å². The molecule has 1 heterocycles. The second-order valence-corrected chi connectivity index (χ2v) is 4.90. The van der Waals surface area contributed by atoms with E-state index in [1.807, 2.05) is 18.3 Å². The summed E-state index contributed by atoms with van der Waals surface area (Å²) in [5.74, 6) is 0.947. The zero-order valence-corrected chi connectivity index (χ0v) is 11.6. The van der Waals surface area contributed by atoms with E-state index in [0.717, 1.165) is 18.8 Å². The lowest BCUT2D eigenvalue weighted by Crippen LogP contribution is -2.01. The van der Waals surface area contributed by atoms with Crippen LogP contribution in [0.1, 0.15) is 18.1 Å². The van der Waals surface area contributed by atoms with E-state index in [1.165, 1.54) is 21.9 Å². The molecule has 20 heavy (non-hydrogen) atoms. The average molecular weight is 262 g/mol. The normalized spacial score (nSPS) is 10.7. The van der Waals surface area contributed by atoms with Crippen LogP contribution in [-0.2, 0) is 13.0 Å². The third-order valence-corrected chi connectivity index (χ3v) is 3.56. The lowest BCUT2D eigenvalue weighted by molar-refractivity contribution is 1.09. The second kappa shape index (κ2) is 5.74. The predicted octanol–water partition coefficient (Wildman–Crippen LogP) is 4.41. The standard InChI is InChI=1S/C18H18N2/c1-2-14-7-9-15(10-8-14)13-20-18-17-6-4-3-5-16(17)11-12-19-18/h3-12H,2,13H2,1H3,(H,19,20). The molecule has 2 nitrogen and oxygen atoms in total. The van der Waals surface area contributed by atoms with Gasteiger partial charge in [0.25, 0.3) is 0 Å². The van der Waals surface area contributed by atoms with E-state index in [-0.39, 0.29) is 0 Å². The zero-order chi connectivity index (χ0) is 13.8. The molecule has 0 unspecified atom stereocenters. The highest BCUT2D eigenvalue weighted by Crippen LogP contribution is 2.20. The molecule has 3 aromatic rings. The van der Waals surface area contributed by atoms with Gasteiger partial charge in [-0.1, -0.05) is 55.5 Å². The Morgan fingerprint density at radius 2 is 1.65 bits per heavy atom. The van der Waals surface area contributed by atoms with Crippen LogP contribution in [0.15, 0.2) is 60.8 Å². The van der Waals surface area contributed by atoms with Gasteiger partial charge >= 0.3 is 0 Å². The topological polar surface area (TPSA) is 24.9 Å². The summed E-state index contributed by atoms with van der Waals surface area (Å²) in [6.07, 6.45) is 2.93. The molecule has 1 N–H and O–H groups in total. The third kappa shape index (κ3) is 2.64. The second-order valence-electron chi connectivity index (χ2n) is 4.90.